The molecule has 0 atom stereocenters. The number of rotatable bonds is 2. The van der Waals surface area contributed by atoms with Crippen LogP contribution in [0.1, 0.15) is 17.6 Å². The van der Waals surface area contributed by atoms with E-state index in [0.29, 0.717) is 5.56 Å². The van der Waals surface area contributed by atoms with Crippen LogP contribution in [-0.2, 0) is 6.42 Å². The van der Waals surface area contributed by atoms with E-state index in [9.17, 15) is 8.78 Å². The first kappa shape index (κ1) is 11.3. The lowest BCUT2D eigenvalue weighted by atomic mass is 10.1. The summed E-state index contributed by atoms with van der Waals surface area (Å²) < 4.78 is 24.9. The molecule has 1 heterocycles. The molecule has 1 rings (SSSR count). The number of pyridine rings is 1. The van der Waals surface area contributed by atoms with Crippen molar-refractivity contribution in [2.75, 3.05) is 0 Å². The summed E-state index contributed by atoms with van der Waals surface area (Å²) in [4.78, 5) is 3.58. The number of alkyl halides is 2. The molecule has 0 fully saturated rings. The fourth-order valence-electron chi connectivity index (χ4n) is 0.907. The topological polar surface area (TPSA) is 36.7 Å². The first-order valence-electron chi connectivity index (χ1n) is 3.55. The molecule has 0 radical (unpaired) electrons. The van der Waals surface area contributed by atoms with Crippen LogP contribution in [0.2, 0.25) is 5.15 Å². The zero-order valence-corrected chi connectivity index (χ0v) is 9.11. The van der Waals surface area contributed by atoms with E-state index in [4.69, 9.17) is 16.9 Å². The Morgan fingerprint density at radius 1 is 1.64 bits per heavy atom. The van der Waals surface area contributed by atoms with Gasteiger partial charge in [0, 0.05) is 16.2 Å². The predicted octanol–water partition coefficient (Wildman–Crippen LogP) is 3.50. The van der Waals surface area contributed by atoms with Crippen molar-refractivity contribution in [1.29, 1.82) is 5.26 Å². The van der Waals surface area contributed by atoms with E-state index < -0.39 is 6.43 Å². The van der Waals surface area contributed by atoms with E-state index in [1.54, 1.807) is 0 Å². The SMILES string of the molecule is N#CCc1c(Cl)ncc(C(F)F)c1Br. The van der Waals surface area contributed by atoms with Crippen LogP contribution in [-0.4, -0.2) is 4.98 Å². The number of halogens is 4. The average molecular weight is 281 g/mol. The number of nitrogens with zero attached hydrogens (tertiary/aromatic N) is 2. The number of nitriles is 1. The molecule has 14 heavy (non-hydrogen) atoms. The van der Waals surface area contributed by atoms with E-state index >= 15 is 0 Å². The molecular weight excluding hydrogens is 277 g/mol. The molecule has 0 unspecified atom stereocenters. The van der Waals surface area contributed by atoms with Crippen LogP contribution in [0.4, 0.5) is 8.78 Å². The standard InChI is InChI=1S/C8H4BrClF2N2/c9-6-4(1-2-13)7(10)14-3-5(6)8(11)12/h3,8H,1H2. The van der Waals surface area contributed by atoms with Crippen molar-refractivity contribution >= 4 is 27.5 Å². The van der Waals surface area contributed by atoms with E-state index in [-0.39, 0.29) is 21.6 Å². The largest absolute Gasteiger partial charge is 0.266 e. The van der Waals surface area contributed by atoms with Gasteiger partial charge in [-0.05, 0) is 15.9 Å². The highest BCUT2D eigenvalue weighted by atomic mass is 79.9. The predicted molar refractivity (Wildman–Crippen MR) is 51.2 cm³/mol. The van der Waals surface area contributed by atoms with E-state index in [0.717, 1.165) is 6.20 Å². The van der Waals surface area contributed by atoms with Crippen molar-refractivity contribution in [2.24, 2.45) is 0 Å². The first-order valence-corrected chi connectivity index (χ1v) is 4.73. The van der Waals surface area contributed by atoms with Crippen molar-refractivity contribution in [3.63, 3.8) is 0 Å². The molecular formula is C8H4BrClF2N2. The lowest BCUT2D eigenvalue weighted by Crippen LogP contribution is -1.96. The van der Waals surface area contributed by atoms with E-state index in [2.05, 4.69) is 20.9 Å². The molecule has 0 aliphatic carbocycles. The molecule has 1 aromatic rings. The summed E-state index contributed by atoms with van der Waals surface area (Å²) in [5.74, 6) is 0. The normalized spacial score (nSPS) is 10.3. The maximum Gasteiger partial charge on any atom is 0.266 e. The Kier molecular flexibility index (Phi) is 3.78. The van der Waals surface area contributed by atoms with Gasteiger partial charge in [0.25, 0.3) is 6.43 Å². The monoisotopic (exact) mass is 280 g/mol. The van der Waals surface area contributed by atoms with Gasteiger partial charge in [-0.1, -0.05) is 11.6 Å². The lowest BCUT2D eigenvalue weighted by molar-refractivity contribution is 0.150. The zero-order chi connectivity index (χ0) is 10.7. The molecule has 1 aromatic heterocycles. The van der Waals surface area contributed by atoms with Crippen molar-refractivity contribution in [2.45, 2.75) is 12.8 Å². The van der Waals surface area contributed by atoms with E-state index in [1.165, 1.54) is 0 Å². The number of hydrogen-bond acceptors (Lipinski definition) is 2. The van der Waals surface area contributed by atoms with Crippen LogP contribution in [0, 0.1) is 11.3 Å². The molecule has 0 aliphatic heterocycles. The zero-order valence-electron chi connectivity index (χ0n) is 6.77. The van der Waals surface area contributed by atoms with Crippen LogP contribution in [0.25, 0.3) is 0 Å². The molecule has 74 valence electrons. The van der Waals surface area contributed by atoms with Crippen molar-refractivity contribution in [3.8, 4) is 6.07 Å². The number of aromatic nitrogens is 1. The molecule has 2 nitrogen and oxygen atoms in total. The van der Waals surface area contributed by atoms with Crippen molar-refractivity contribution in [3.05, 3.63) is 26.9 Å². The van der Waals surface area contributed by atoms with Crippen LogP contribution >= 0.6 is 27.5 Å². The third-order valence-corrected chi connectivity index (χ3v) is 2.84. The Morgan fingerprint density at radius 3 is 2.79 bits per heavy atom. The molecule has 0 saturated heterocycles. The summed E-state index contributed by atoms with van der Waals surface area (Å²) in [6.07, 6.45) is -1.68. The second-order valence-corrected chi connectivity index (χ2v) is 3.58. The quantitative estimate of drug-likeness (QED) is 0.778. The van der Waals surface area contributed by atoms with Crippen LogP contribution in [0.15, 0.2) is 10.7 Å². The molecule has 0 aliphatic rings. The molecule has 0 amide bonds. The van der Waals surface area contributed by atoms with Gasteiger partial charge in [-0.25, -0.2) is 13.8 Å². The van der Waals surface area contributed by atoms with Gasteiger partial charge in [-0.3, -0.25) is 0 Å². The maximum atomic E-state index is 12.4. The summed E-state index contributed by atoms with van der Waals surface area (Å²) in [6, 6.07) is 1.83. The summed E-state index contributed by atoms with van der Waals surface area (Å²) in [5, 5.41) is 8.53. The minimum Gasteiger partial charge on any atom is -0.244 e. The highest BCUT2D eigenvalue weighted by Gasteiger charge is 2.17. The van der Waals surface area contributed by atoms with Gasteiger partial charge in [-0.2, -0.15) is 5.26 Å². The first-order chi connectivity index (χ1) is 6.57. The summed E-state index contributed by atoms with van der Waals surface area (Å²) in [6.45, 7) is 0. The van der Waals surface area contributed by atoms with E-state index in [1.807, 2.05) is 6.07 Å². The Hall–Kier alpha value is -0.730. The second-order valence-electron chi connectivity index (χ2n) is 2.43. The van der Waals surface area contributed by atoms with Crippen LogP contribution < -0.4 is 0 Å². The molecule has 0 bridgehead atoms. The minimum absolute atomic E-state index is 0.0486. The average Bonchev–Trinajstić information content (AvgIpc) is 2.11. The Labute approximate surface area is 92.6 Å². The molecule has 0 N–H and O–H groups in total. The number of hydrogen-bond donors (Lipinski definition) is 0. The molecule has 6 heteroatoms. The lowest BCUT2D eigenvalue weighted by Gasteiger charge is -2.07. The van der Waals surface area contributed by atoms with Crippen molar-refractivity contribution < 1.29 is 8.78 Å². The third kappa shape index (κ3) is 2.20. The second kappa shape index (κ2) is 4.67. The Bertz CT molecular complexity index is 390. The van der Waals surface area contributed by atoms with Gasteiger partial charge in [0.15, 0.2) is 0 Å². The molecule has 0 aromatic carbocycles. The van der Waals surface area contributed by atoms with Crippen LogP contribution in [0.5, 0.6) is 0 Å². The highest BCUT2D eigenvalue weighted by molar-refractivity contribution is 9.10. The molecule has 0 saturated carbocycles. The smallest absolute Gasteiger partial charge is 0.244 e. The van der Waals surface area contributed by atoms with Gasteiger partial charge in [-0.15, -0.1) is 0 Å². The van der Waals surface area contributed by atoms with Crippen molar-refractivity contribution in [1.82, 2.24) is 4.98 Å². The van der Waals surface area contributed by atoms with Gasteiger partial charge in [0.05, 0.1) is 18.1 Å². The Balaban J connectivity index is 3.27. The Morgan fingerprint density at radius 2 is 2.29 bits per heavy atom. The van der Waals surface area contributed by atoms with Crippen LogP contribution in [0.3, 0.4) is 0 Å². The summed E-state index contributed by atoms with van der Waals surface area (Å²) >= 11 is 8.63. The summed E-state index contributed by atoms with van der Waals surface area (Å²) in [5.41, 5.74) is 0.0478. The van der Waals surface area contributed by atoms with Gasteiger partial charge in [0.1, 0.15) is 5.15 Å². The fraction of sp³-hybridized carbons (Fsp3) is 0.250. The highest BCUT2D eigenvalue weighted by Crippen LogP contribution is 2.32. The van der Waals surface area contributed by atoms with Gasteiger partial charge >= 0.3 is 0 Å². The molecule has 0 spiro atoms. The summed E-state index contributed by atoms with van der Waals surface area (Å²) in [7, 11) is 0. The maximum absolute atomic E-state index is 12.4. The third-order valence-electron chi connectivity index (χ3n) is 1.58. The van der Waals surface area contributed by atoms with Gasteiger partial charge in [0.2, 0.25) is 0 Å². The minimum atomic E-state index is -2.63. The fourth-order valence-corrected chi connectivity index (χ4v) is 1.83. The van der Waals surface area contributed by atoms with Gasteiger partial charge < -0.3 is 0 Å².